The molecule has 2 aliphatic rings. The van der Waals surface area contributed by atoms with Gasteiger partial charge in [-0.05, 0) is 29.9 Å². The van der Waals surface area contributed by atoms with Crippen LogP contribution in [0.5, 0.6) is 0 Å². The molecular weight excluding hydrogens is 266 g/mol. The molecule has 0 bridgehead atoms. The normalized spacial score (nSPS) is 25.0. The van der Waals surface area contributed by atoms with E-state index in [-0.39, 0.29) is 29.6 Å². The number of hydrogen-bond donors (Lipinski definition) is 0. The van der Waals surface area contributed by atoms with Crippen molar-refractivity contribution in [3.63, 3.8) is 0 Å². The Bertz CT molecular complexity index is 544. The van der Waals surface area contributed by atoms with Crippen LogP contribution in [0.15, 0.2) is 24.3 Å². The van der Waals surface area contributed by atoms with Gasteiger partial charge in [-0.1, -0.05) is 31.2 Å². The van der Waals surface area contributed by atoms with Crippen molar-refractivity contribution in [1.82, 2.24) is 4.90 Å². The van der Waals surface area contributed by atoms with Crippen molar-refractivity contribution in [3.8, 4) is 0 Å². The van der Waals surface area contributed by atoms with Crippen molar-refractivity contribution in [2.45, 2.75) is 19.8 Å². The molecule has 0 spiro atoms. The smallest absolute Gasteiger partial charge is 0.310 e. The standard InChI is InChI=1S/C17H21NO3/c1-11-9-18(10-15(11)17(20)21-2)16(19)14-7-12-5-3-4-6-13(12)8-14/h3-6,11,14-15H,7-10H2,1-2H3. The maximum Gasteiger partial charge on any atom is 0.310 e. The number of methoxy groups -OCH3 is 1. The van der Waals surface area contributed by atoms with E-state index in [1.54, 1.807) is 0 Å². The summed E-state index contributed by atoms with van der Waals surface area (Å²) in [5.41, 5.74) is 2.57. The fraction of sp³-hybridized carbons (Fsp3) is 0.529. The molecule has 1 aliphatic carbocycles. The molecule has 0 saturated carbocycles. The van der Waals surface area contributed by atoms with Gasteiger partial charge in [0.05, 0.1) is 13.0 Å². The zero-order valence-electron chi connectivity index (χ0n) is 12.5. The van der Waals surface area contributed by atoms with E-state index >= 15 is 0 Å². The molecule has 3 rings (SSSR count). The van der Waals surface area contributed by atoms with Gasteiger partial charge >= 0.3 is 5.97 Å². The van der Waals surface area contributed by atoms with Gasteiger partial charge in [0.1, 0.15) is 0 Å². The van der Waals surface area contributed by atoms with Crippen LogP contribution in [0.2, 0.25) is 0 Å². The van der Waals surface area contributed by atoms with Gasteiger partial charge in [0.2, 0.25) is 5.91 Å². The first-order valence-electron chi connectivity index (χ1n) is 7.53. The lowest BCUT2D eigenvalue weighted by Gasteiger charge is -2.20. The first-order chi connectivity index (χ1) is 10.1. The molecule has 1 aliphatic heterocycles. The molecule has 2 unspecified atom stereocenters. The quantitative estimate of drug-likeness (QED) is 0.777. The minimum absolute atomic E-state index is 0.0333. The van der Waals surface area contributed by atoms with Gasteiger partial charge in [0.25, 0.3) is 0 Å². The second kappa shape index (κ2) is 5.51. The molecule has 1 heterocycles. The average Bonchev–Trinajstić information content (AvgIpc) is 3.09. The third-order valence-corrected chi connectivity index (χ3v) is 4.83. The molecule has 0 radical (unpaired) electrons. The summed E-state index contributed by atoms with van der Waals surface area (Å²) in [6.45, 7) is 3.17. The summed E-state index contributed by atoms with van der Waals surface area (Å²) in [6, 6.07) is 8.26. The van der Waals surface area contributed by atoms with Crippen LogP contribution in [0, 0.1) is 17.8 Å². The lowest BCUT2D eigenvalue weighted by Crippen LogP contribution is -2.35. The van der Waals surface area contributed by atoms with E-state index in [1.165, 1.54) is 18.2 Å². The van der Waals surface area contributed by atoms with Crippen LogP contribution in [-0.2, 0) is 27.2 Å². The molecule has 1 fully saturated rings. The number of benzene rings is 1. The molecule has 4 heteroatoms. The Morgan fingerprint density at radius 1 is 1.14 bits per heavy atom. The van der Waals surface area contributed by atoms with Gasteiger partial charge in [0, 0.05) is 19.0 Å². The number of likely N-dealkylation sites (tertiary alicyclic amines) is 1. The zero-order valence-corrected chi connectivity index (χ0v) is 12.5. The van der Waals surface area contributed by atoms with E-state index in [9.17, 15) is 9.59 Å². The summed E-state index contributed by atoms with van der Waals surface area (Å²) < 4.78 is 4.83. The Morgan fingerprint density at radius 2 is 1.76 bits per heavy atom. The minimum atomic E-state index is -0.201. The predicted molar refractivity (Wildman–Crippen MR) is 78.6 cm³/mol. The Labute approximate surface area is 125 Å². The average molecular weight is 287 g/mol. The highest BCUT2D eigenvalue weighted by molar-refractivity contribution is 5.82. The highest BCUT2D eigenvalue weighted by atomic mass is 16.5. The van der Waals surface area contributed by atoms with Crippen molar-refractivity contribution in [3.05, 3.63) is 35.4 Å². The number of esters is 1. The largest absolute Gasteiger partial charge is 0.469 e. The highest BCUT2D eigenvalue weighted by Crippen LogP contribution is 2.31. The molecule has 21 heavy (non-hydrogen) atoms. The van der Waals surface area contributed by atoms with Crippen LogP contribution in [0.3, 0.4) is 0 Å². The van der Waals surface area contributed by atoms with Crippen molar-refractivity contribution in [1.29, 1.82) is 0 Å². The lowest BCUT2D eigenvalue weighted by atomic mass is 9.99. The van der Waals surface area contributed by atoms with Gasteiger partial charge in [-0.3, -0.25) is 9.59 Å². The summed E-state index contributed by atoms with van der Waals surface area (Å²) in [6.07, 6.45) is 1.64. The number of ether oxygens (including phenoxy) is 1. The molecular formula is C17H21NO3. The fourth-order valence-corrected chi connectivity index (χ4v) is 3.60. The first-order valence-corrected chi connectivity index (χ1v) is 7.53. The predicted octanol–water partition coefficient (Wildman–Crippen LogP) is 1.67. The molecule has 2 atom stereocenters. The molecule has 1 amide bonds. The Kier molecular flexibility index (Phi) is 3.70. The Morgan fingerprint density at radius 3 is 2.33 bits per heavy atom. The summed E-state index contributed by atoms with van der Waals surface area (Å²) in [5.74, 6) is 0.0101. The third kappa shape index (κ3) is 2.55. The Balaban J connectivity index is 1.67. The monoisotopic (exact) mass is 287 g/mol. The summed E-state index contributed by atoms with van der Waals surface area (Å²) in [4.78, 5) is 26.3. The number of amides is 1. The van der Waals surface area contributed by atoms with Crippen molar-refractivity contribution in [2.75, 3.05) is 20.2 Å². The third-order valence-electron chi connectivity index (χ3n) is 4.83. The first kappa shape index (κ1) is 14.1. The SMILES string of the molecule is COC(=O)C1CN(C(=O)C2Cc3ccccc3C2)CC1C. The summed E-state index contributed by atoms with van der Waals surface area (Å²) in [5, 5.41) is 0. The number of carbonyl (C=O) groups is 2. The van der Waals surface area contributed by atoms with Crippen molar-refractivity contribution in [2.24, 2.45) is 17.8 Å². The van der Waals surface area contributed by atoms with Crippen molar-refractivity contribution >= 4 is 11.9 Å². The van der Waals surface area contributed by atoms with Gasteiger partial charge < -0.3 is 9.64 Å². The van der Waals surface area contributed by atoms with Crippen LogP contribution in [-0.4, -0.2) is 37.0 Å². The number of fused-ring (bicyclic) bond motifs is 1. The molecule has 1 saturated heterocycles. The van der Waals surface area contributed by atoms with Gasteiger partial charge in [0.15, 0.2) is 0 Å². The number of carbonyl (C=O) groups excluding carboxylic acids is 2. The van der Waals surface area contributed by atoms with E-state index in [0.717, 1.165) is 12.8 Å². The van der Waals surface area contributed by atoms with Gasteiger partial charge in [-0.2, -0.15) is 0 Å². The van der Waals surface area contributed by atoms with Gasteiger partial charge in [-0.15, -0.1) is 0 Å². The second-order valence-corrected chi connectivity index (χ2v) is 6.22. The van der Waals surface area contributed by atoms with Crippen LogP contribution >= 0.6 is 0 Å². The summed E-state index contributed by atoms with van der Waals surface area (Å²) >= 11 is 0. The topological polar surface area (TPSA) is 46.6 Å². The molecule has 1 aromatic rings. The minimum Gasteiger partial charge on any atom is -0.469 e. The van der Waals surface area contributed by atoms with E-state index in [0.29, 0.717) is 13.1 Å². The van der Waals surface area contributed by atoms with Crippen molar-refractivity contribution < 1.29 is 14.3 Å². The van der Waals surface area contributed by atoms with E-state index in [2.05, 4.69) is 12.1 Å². The highest BCUT2D eigenvalue weighted by Gasteiger charge is 2.40. The maximum atomic E-state index is 12.7. The molecule has 0 N–H and O–H groups in total. The molecule has 4 nitrogen and oxygen atoms in total. The molecule has 112 valence electrons. The number of hydrogen-bond acceptors (Lipinski definition) is 3. The number of nitrogens with zero attached hydrogens (tertiary/aromatic N) is 1. The van der Waals surface area contributed by atoms with E-state index in [4.69, 9.17) is 4.74 Å². The van der Waals surface area contributed by atoms with Crippen LogP contribution < -0.4 is 0 Å². The molecule has 0 aromatic heterocycles. The van der Waals surface area contributed by atoms with E-state index in [1.807, 2.05) is 24.0 Å². The van der Waals surface area contributed by atoms with Gasteiger partial charge in [-0.25, -0.2) is 0 Å². The number of rotatable bonds is 2. The van der Waals surface area contributed by atoms with Crippen LogP contribution in [0.4, 0.5) is 0 Å². The fourth-order valence-electron chi connectivity index (χ4n) is 3.60. The van der Waals surface area contributed by atoms with E-state index < -0.39 is 0 Å². The second-order valence-electron chi connectivity index (χ2n) is 6.22. The maximum absolute atomic E-state index is 12.7. The zero-order chi connectivity index (χ0) is 15.0. The van der Waals surface area contributed by atoms with Crippen LogP contribution in [0.1, 0.15) is 18.1 Å². The molecule has 1 aromatic carbocycles. The Hall–Kier alpha value is -1.84. The lowest BCUT2D eigenvalue weighted by molar-refractivity contribution is -0.146. The van der Waals surface area contributed by atoms with Crippen LogP contribution in [0.25, 0.3) is 0 Å². The summed E-state index contributed by atoms with van der Waals surface area (Å²) in [7, 11) is 1.41.